The molecule has 1 N–H and O–H groups in total. The Morgan fingerprint density at radius 1 is 0.929 bits per heavy atom. The van der Waals surface area contributed by atoms with Gasteiger partial charge in [0.25, 0.3) is 0 Å². The minimum Gasteiger partial charge on any atom is -0.449 e. The molecule has 0 saturated heterocycles. The van der Waals surface area contributed by atoms with Crippen molar-refractivity contribution in [2.24, 2.45) is 0 Å². The third kappa shape index (κ3) is 3.90. The van der Waals surface area contributed by atoms with E-state index in [4.69, 9.17) is 4.74 Å². The number of carbonyl (C=O) groups is 1. The minimum atomic E-state index is -0.457. The molecule has 1 amide bonds. The van der Waals surface area contributed by atoms with E-state index in [1.807, 2.05) is 48.5 Å². The van der Waals surface area contributed by atoms with Crippen LogP contribution in [0.25, 0.3) is 11.1 Å². The highest BCUT2D eigenvalue weighted by Crippen LogP contribution is 2.44. The molecule has 0 unspecified atom stereocenters. The predicted molar refractivity (Wildman–Crippen MR) is 114 cm³/mol. The summed E-state index contributed by atoms with van der Waals surface area (Å²) in [4.78, 5) is 13.0. The second-order valence-corrected chi connectivity index (χ2v) is 7.04. The maximum absolute atomic E-state index is 12.1. The second kappa shape index (κ2) is 8.24. The lowest BCUT2D eigenvalue weighted by atomic mass is 9.98. The fraction of sp³-hybridized carbons (Fsp3) is 0.125. The molecule has 138 valence electrons. The van der Waals surface area contributed by atoms with Gasteiger partial charge in [0.05, 0.1) is 6.54 Å². The Morgan fingerprint density at radius 3 is 2.18 bits per heavy atom. The number of hydrogen-bond donors (Lipinski definition) is 2. The second-order valence-electron chi connectivity index (χ2n) is 6.53. The molecule has 0 spiro atoms. The number of carbonyl (C=O) groups excluding carboxylic acids is 1. The molecule has 28 heavy (non-hydrogen) atoms. The van der Waals surface area contributed by atoms with Gasteiger partial charge >= 0.3 is 6.09 Å². The Morgan fingerprint density at radius 2 is 1.54 bits per heavy atom. The van der Waals surface area contributed by atoms with E-state index in [0.717, 1.165) is 10.5 Å². The van der Waals surface area contributed by atoms with Crippen LogP contribution in [0.5, 0.6) is 0 Å². The van der Waals surface area contributed by atoms with Crippen LogP contribution in [0, 0.1) is 11.8 Å². The highest BCUT2D eigenvalue weighted by atomic mass is 32.1. The van der Waals surface area contributed by atoms with E-state index in [1.54, 1.807) is 0 Å². The quantitative estimate of drug-likeness (QED) is 0.499. The zero-order chi connectivity index (χ0) is 19.3. The molecule has 1 aliphatic carbocycles. The van der Waals surface area contributed by atoms with Gasteiger partial charge in [-0.05, 0) is 46.5 Å². The summed E-state index contributed by atoms with van der Waals surface area (Å²) >= 11 is 4.24. The molecule has 4 heteroatoms. The van der Waals surface area contributed by atoms with Crippen LogP contribution in [0.2, 0.25) is 0 Å². The zero-order valence-electron chi connectivity index (χ0n) is 15.2. The number of alkyl carbamates (subject to hydrolysis) is 1. The van der Waals surface area contributed by atoms with Crippen LogP contribution >= 0.6 is 12.6 Å². The van der Waals surface area contributed by atoms with Gasteiger partial charge in [-0.15, -0.1) is 12.6 Å². The number of nitrogens with one attached hydrogen (secondary N) is 1. The third-order valence-electron chi connectivity index (χ3n) is 4.76. The Bertz CT molecular complexity index is 1020. The lowest BCUT2D eigenvalue weighted by Gasteiger charge is -2.14. The van der Waals surface area contributed by atoms with Gasteiger partial charge in [0.1, 0.15) is 6.61 Å². The van der Waals surface area contributed by atoms with Crippen molar-refractivity contribution >= 4 is 18.7 Å². The largest absolute Gasteiger partial charge is 0.449 e. The first-order valence-corrected chi connectivity index (χ1v) is 9.54. The number of thiol groups is 1. The predicted octanol–water partition coefficient (Wildman–Crippen LogP) is 4.87. The minimum absolute atomic E-state index is 0.0592. The highest BCUT2D eigenvalue weighted by Gasteiger charge is 2.28. The van der Waals surface area contributed by atoms with Crippen LogP contribution in [-0.4, -0.2) is 19.2 Å². The van der Waals surface area contributed by atoms with Crippen molar-refractivity contribution in [3.63, 3.8) is 0 Å². The van der Waals surface area contributed by atoms with Crippen molar-refractivity contribution in [1.29, 1.82) is 0 Å². The Hall–Kier alpha value is -3.16. The molecule has 0 radical (unpaired) electrons. The van der Waals surface area contributed by atoms with E-state index in [9.17, 15) is 4.79 Å². The highest BCUT2D eigenvalue weighted by molar-refractivity contribution is 7.80. The maximum atomic E-state index is 12.1. The van der Waals surface area contributed by atoms with E-state index in [0.29, 0.717) is 6.61 Å². The van der Waals surface area contributed by atoms with E-state index in [-0.39, 0.29) is 12.5 Å². The molecular weight excluding hydrogens is 366 g/mol. The van der Waals surface area contributed by atoms with Gasteiger partial charge in [-0.1, -0.05) is 60.4 Å². The lowest BCUT2D eigenvalue weighted by Crippen LogP contribution is -2.26. The summed E-state index contributed by atoms with van der Waals surface area (Å²) in [6.07, 6.45) is -0.457. The molecule has 0 fully saturated rings. The fourth-order valence-corrected chi connectivity index (χ4v) is 3.61. The van der Waals surface area contributed by atoms with E-state index in [1.165, 1.54) is 22.3 Å². The molecule has 4 rings (SSSR count). The summed E-state index contributed by atoms with van der Waals surface area (Å²) in [7, 11) is 0. The van der Waals surface area contributed by atoms with Gasteiger partial charge in [0, 0.05) is 16.4 Å². The molecule has 3 aromatic rings. The summed E-state index contributed by atoms with van der Waals surface area (Å²) in [6, 6.07) is 24.1. The van der Waals surface area contributed by atoms with Gasteiger partial charge in [-0.3, -0.25) is 0 Å². The number of benzene rings is 3. The molecule has 0 heterocycles. The van der Waals surface area contributed by atoms with Gasteiger partial charge in [-0.2, -0.15) is 0 Å². The molecular formula is C24H19NO2S. The van der Waals surface area contributed by atoms with Gasteiger partial charge < -0.3 is 10.1 Å². The van der Waals surface area contributed by atoms with Crippen LogP contribution in [0.4, 0.5) is 4.79 Å². The summed E-state index contributed by atoms with van der Waals surface area (Å²) < 4.78 is 5.48. The molecule has 0 bridgehead atoms. The van der Waals surface area contributed by atoms with Crippen molar-refractivity contribution in [3.05, 3.63) is 89.5 Å². The Labute approximate surface area is 170 Å². The van der Waals surface area contributed by atoms with Crippen molar-refractivity contribution in [3.8, 4) is 23.0 Å². The summed E-state index contributed by atoms with van der Waals surface area (Å²) in [6.45, 7) is 0.538. The van der Waals surface area contributed by atoms with Crippen LogP contribution in [0.3, 0.4) is 0 Å². The van der Waals surface area contributed by atoms with E-state index < -0.39 is 6.09 Å². The number of amides is 1. The SMILES string of the molecule is O=C(NCC#Cc1ccc(S)cc1)OCC1c2ccccc2-c2ccccc21. The molecule has 1 aliphatic rings. The van der Waals surface area contributed by atoms with Crippen molar-refractivity contribution in [2.75, 3.05) is 13.2 Å². The van der Waals surface area contributed by atoms with Crippen LogP contribution in [0.15, 0.2) is 77.7 Å². The zero-order valence-corrected chi connectivity index (χ0v) is 16.1. The average Bonchev–Trinajstić information content (AvgIpc) is 3.05. The van der Waals surface area contributed by atoms with Gasteiger partial charge in [0.15, 0.2) is 0 Å². The van der Waals surface area contributed by atoms with E-state index >= 15 is 0 Å². The summed E-state index contributed by atoms with van der Waals surface area (Å²) in [5.41, 5.74) is 5.70. The molecule has 0 saturated carbocycles. The van der Waals surface area contributed by atoms with Crippen LogP contribution < -0.4 is 5.32 Å². The fourth-order valence-electron chi connectivity index (χ4n) is 3.46. The normalized spacial score (nSPS) is 11.8. The number of ether oxygens (including phenoxy) is 1. The van der Waals surface area contributed by atoms with Crippen LogP contribution in [-0.2, 0) is 4.74 Å². The average molecular weight is 385 g/mol. The Balaban J connectivity index is 1.35. The third-order valence-corrected chi connectivity index (χ3v) is 5.06. The topological polar surface area (TPSA) is 38.3 Å². The molecule has 3 nitrogen and oxygen atoms in total. The Kier molecular flexibility index (Phi) is 5.36. The smallest absolute Gasteiger partial charge is 0.407 e. The first-order chi connectivity index (χ1) is 13.7. The van der Waals surface area contributed by atoms with Crippen molar-refractivity contribution in [2.45, 2.75) is 10.8 Å². The van der Waals surface area contributed by atoms with Gasteiger partial charge in [-0.25, -0.2) is 4.79 Å². The summed E-state index contributed by atoms with van der Waals surface area (Å²) in [5.74, 6) is 5.98. The summed E-state index contributed by atoms with van der Waals surface area (Å²) in [5, 5.41) is 2.69. The maximum Gasteiger partial charge on any atom is 0.407 e. The van der Waals surface area contributed by atoms with Crippen molar-refractivity contribution in [1.82, 2.24) is 5.32 Å². The molecule has 3 aromatic carbocycles. The molecule has 0 atom stereocenters. The monoisotopic (exact) mass is 385 g/mol. The standard InChI is InChI=1S/C24H19NO2S/c26-24(25-15-5-6-17-11-13-18(28)14-12-17)27-16-23-21-9-3-1-7-19(21)20-8-2-4-10-22(20)23/h1-4,7-14,23,28H,15-16H2,(H,25,26). The lowest BCUT2D eigenvalue weighted by molar-refractivity contribution is 0.144. The van der Waals surface area contributed by atoms with Gasteiger partial charge in [0.2, 0.25) is 0 Å². The van der Waals surface area contributed by atoms with E-state index in [2.05, 4.69) is 54.1 Å². The number of hydrogen-bond acceptors (Lipinski definition) is 3. The number of fused-ring (bicyclic) bond motifs is 3. The first kappa shape index (κ1) is 18.2. The van der Waals surface area contributed by atoms with Crippen LogP contribution in [0.1, 0.15) is 22.6 Å². The van der Waals surface area contributed by atoms with Crippen molar-refractivity contribution < 1.29 is 9.53 Å². The first-order valence-electron chi connectivity index (χ1n) is 9.09. The molecule has 0 aliphatic heterocycles. The number of rotatable bonds is 3. The molecule has 0 aromatic heterocycles.